The van der Waals surface area contributed by atoms with Crippen LogP contribution in [0.5, 0.6) is 0 Å². The van der Waals surface area contributed by atoms with Gasteiger partial charge in [0.05, 0.1) is 10.9 Å². The molecule has 1 spiro atoms. The van der Waals surface area contributed by atoms with Crippen molar-refractivity contribution in [3.63, 3.8) is 0 Å². The Bertz CT molecular complexity index is 588. The van der Waals surface area contributed by atoms with Crippen LogP contribution in [-0.2, 0) is 11.3 Å². The molecule has 0 aliphatic carbocycles. The summed E-state index contributed by atoms with van der Waals surface area (Å²) < 4.78 is 0.805. The van der Waals surface area contributed by atoms with E-state index in [1.54, 1.807) is 11.3 Å². The first-order valence-corrected chi connectivity index (χ1v) is 8.76. The maximum absolute atomic E-state index is 11.6. The third kappa shape index (κ3) is 3.38. The van der Waals surface area contributed by atoms with Crippen molar-refractivity contribution in [1.29, 1.82) is 0 Å². The number of aliphatic imine (C=N–C) groups is 1. The number of guanidine groups is 1. The molecule has 0 aromatic carbocycles. The zero-order valence-electron chi connectivity index (χ0n) is 12.7. The number of likely N-dealkylation sites (tertiary alicyclic amines) is 1. The molecule has 2 aliphatic rings. The van der Waals surface area contributed by atoms with E-state index in [-0.39, 0.29) is 11.3 Å². The predicted molar refractivity (Wildman–Crippen MR) is 90.4 cm³/mol. The minimum Gasteiger partial charge on any atom is -0.355 e. The fourth-order valence-corrected chi connectivity index (χ4v) is 4.40. The number of carbonyl (C=O) groups excluding carboxylic acids is 1. The topological polar surface area (TPSA) is 56.7 Å². The molecular weight excluding hydrogens is 320 g/mol. The molecule has 1 atom stereocenters. The quantitative estimate of drug-likeness (QED) is 0.640. The van der Waals surface area contributed by atoms with Gasteiger partial charge < -0.3 is 15.5 Å². The number of nitrogens with one attached hydrogen (secondary N) is 2. The van der Waals surface area contributed by atoms with Gasteiger partial charge in [0.1, 0.15) is 0 Å². The minimum absolute atomic E-state index is 0.0825. The molecule has 0 bridgehead atoms. The lowest BCUT2D eigenvalue weighted by molar-refractivity contribution is -0.119. The number of amides is 1. The van der Waals surface area contributed by atoms with Crippen molar-refractivity contribution in [3.8, 4) is 0 Å². The third-order valence-electron chi connectivity index (χ3n) is 4.42. The first-order valence-electron chi connectivity index (χ1n) is 7.57. The van der Waals surface area contributed by atoms with Crippen molar-refractivity contribution in [2.24, 2.45) is 10.4 Å². The Balaban J connectivity index is 1.62. The van der Waals surface area contributed by atoms with Crippen LogP contribution in [0.15, 0.2) is 17.1 Å². The van der Waals surface area contributed by atoms with Gasteiger partial charge in [0.25, 0.3) is 0 Å². The number of hydrogen-bond acceptors (Lipinski definition) is 3. The van der Waals surface area contributed by atoms with Crippen molar-refractivity contribution in [2.75, 3.05) is 26.7 Å². The van der Waals surface area contributed by atoms with Gasteiger partial charge in [-0.2, -0.15) is 0 Å². The second kappa shape index (κ2) is 6.46. The van der Waals surface area contributed by atoms with Gasteiger partial charge in [-0.25, -0.2) is 0 Å². The van der Waals surface area contributed by atoms with Crippen LogP contribution in [0.3, 0.4) is 0 Å². The summed E-state index contributed by atoms with van der Waals surface area (Å²) in [4.78, 5) is 19.5. The lowest BCUT2D eigenvalue weighted by Crippen LogP contribution is -2.51. The van der Waals surface area contributed by atoms with Crippen LogP contribution in [-0.4, -0.2) is 43.4 Å². The molecule has 1 unspecified atom stereocenters. The summed E-state index contributed by atoms with van der Waals surface area (Å²) in [5.41, 5.74) is 0.0825. The Morgan fingerprint density at radius 1 is 1.59 bits per heavy atom. The summed E-state index contributed by atoms with van der Waals surface area (Å²) in [6, 6.07) is 3.95. The average molecular weight is 341 g/mol. The smallest absolute Gasteiger partial charge is 0.220 e. The lowest BCUT2D eigenvalue weighted by Gasteiger charge is -2.40. The molecule has 5 nitrogen and oxygen atoms in total. The molecule has 1 amide bonds. The molecule has 2 saturated heterocycles. The molecule has 1 aromatic heterocycles. The monoisotopic (exact) mass is 340 g/mol. The molecule has 1 aromatic rings. The second-order valence-electron chi connectivity index (χ2n) is 6.09. The molecule has 2 N–H and O–H groups in total. The molecular formula is C15H21ClN4OS. The molecule has 0 radical (unpaired) electrons. The van der Waals surface area contributed by atoms with Crippen LogP contribution in [0, 0.1) is 5.41 Å². The largest absolute Gasteiger partial charge is 0.355 e. The summed E-state index contributed by atoms with van der Waals surface area (Å²) in [6.45, 7) is 3.39. The highest BCUT2D eigenvalue weighted by molar-refractivity contribution is 7.16. The first-order chi connectivity index (χ1) is 10.6. The Morgan fingerprint density at radius 2 is 2.45 bits per heavy atom. The summed E-state index contributed by atoms with van der Waals surface area (Å²) in [7, 11) is 1.81. The van der Waals surface area contributed by atoms with E-state index in [0.29, 0.717) is 6.42 Å². The molecule has 22 heavy (non-hydrogen) atoms. The molecule has 7 heteroatoms. The minimum atomic E-state index is 0.0825. The van der Waals surface area contributed by atoms with E-state index in [1.807, 2.05) is 19.2 Å². The fraction of sp³-hybridized carbons (Fsp3) is 0.600. The highest BCUT2D eigenvalue weighted by Crippen LogP contribution is 2.36. The van der Waals surface area contributed by atoms with Gasteiger partial charge in [0, 0.05) is 43.4 Å². The van der Waals surface area contributed by atoms with Crippen LogP contribution in [0.25, 0.3) is 0 Å². The molecule has 2 aliphatic heterocycles. The molecule has 3 heterocycles. The van der Waals surface area contributed by atoms with Gasteiger partial charge in [-0.1, -0.05) is 11.6 Å². The fourth-order valence-electron chi connectivity index (χ4n) is 3.37. The molecule has 3 rings (SSSR count). The number of carbonyl (C=O) groups is 1. The number of nitrogens with zero attached hydrogens (tertiary/aromatic N) is 2. The average Bonchev–Trinajstić information content (AvgIpc) is 3.06. The van der Waals surface area contributed by atoms with Crippen LogP contribution < -0.4 is 10.6 Å². The third-order valence-corrected chi connectivity index (χ3v) is 5.65. The molecule has 2 fully saturated rings. The van der Waals surface area contributed by atoms with Crippen LogP contribution in [0.2, 0.25) is 4.34 Å². The van der Waals surface area contributed by atoms with Crippen molar-refractivity contribution in [3.05, 3.63) is 21.3 Å². The van der Waals surface area contributed by atoms with Gasteiger partial charge in [-0.15, -0.1) is 11.3 Å². The summed E-state index contributed by atoms with van der Waals surface area (Å²) in [5, 5.41) is 6.39. The van der Waals surface area contributed by atoms with E-state index in [0.717, 1.165) is 49.3 Å². The molecule has 120 valence electrons. The number of thiophene rings is 1. The van der Waals surface area contributed by atoms with Gasteiger partial charge in [0.2, 0.25) is 5.91 Å². The van der Waals surface area contributed by atoms with Crippen molar-refractivity contribution in [2.45, 2.75) is 25.8 Å². The van der Waals surface area contributed by atoms with Crippen LogP contribution in [0.4, 0.5) is 0 Å². The Hall–Kier alpha value is -1.27. The van der Waals surface area contributed by atoms with E-state index >= 15 is 0 Å². The van der Waals surface area contributed by atoms with Crippen molar-refractivity contribution >= 4 is 34.8 Å². The summed E-state index contributed by atoms with van der Waals surface area (Å²) in [5.74, 6) is 1.08. The van der Waals surface area contributed by atoms with Crippen LogP contribution in [0.1, 0.15) is 24.1 Å². The first kappa shape index (κ1) is 15.6. The maximum Gasteiger partial charge on any atom is 0.220 e. The van der Waals surface area contributed by atoms with Gasteiger partial charge >= 0.3 is 0 Å². The summed E-state index contributed by atoms with van der Waals surface area (Å²) in [6.07, 6.45) is 2.85. The maximum atomic E-state index is 11.6. The van der Waals surface area contributed by atoms with Gasteiger partial charge in [0.15, 0.2) is 5.96 Å². The van der Waals surface area contributed by atoms with E-state index in [9.17, 15) is 4.79 Å². The van der Waals surface area contributed by atoms with Crippen molar-refractivity contribution in [1.82, 2.24) is 15.5 Å². The van der Waals surface area contributed by atoms with E-state index in [1.165, 1.54) is 4.88 Å². The Kier molecular flexibility index (Phi) is 4.59. The number of rotatable bonds is 2. The van der Waals surface area contributed by atoms with Gasteiger partial charge in [-0.05, 0) is 25.0 Å². The lowest BCUT2D eigenvalue weighted by atomic mass is 9.79. The zero-order chi connectivity index (χ0) is 15.6. The van der Waals surface area contributed by atoms with Gasteiger partial charge in [-0.3, -0.25) is 9.79 Å². The zero-order valence-corrected chi connectivity index (χ0v) is 14.3. The number of halogens is 1. The SMILES string of the molecule is CN=C(NCc1ccc(Cl)s1)N1CCCC2(CNC(=O)C2)C1. The highest BCUT2D eigenvalue weighted by atomic mass is 35.5. The number of piperidine rings is 1. The normalized spacial score (nSPS) is 25.6. The molecule has 0 saturated carbocycles. The Labute approximate surface area is 139 Å². The van der Waals surface area contributed by atoms with Crippen molar-refractivity contribution < 1.29 is 4.79 Å². The van der Waals surface area contributed by atoms with Crippen LogP contribution >= 0.6 is 22.9 Å². The van der Waals surface area contributed by atoms with E-state index in [4.69, 9.17) is 11.6 Å². The Morgan fingerprint density at radius 3 is 3.09 bits per heavy atom. The highest BCUT2D eigenvalue weighted by Gasteiger charge is 2.42. The van der Waals surface area contributed by atoms with E-state index < -0.39 is 0 Å². The van der Waals surface area contributed by atoms with E-state index in [2.05, 4.69) is 20.5 Å². The predicted octanol–water partition coefficient (Wildman–Crippen LogP) is 2.08. The second-order valence-corrected chi connectivity index (χ2v) is 7.88. The number of hydrogen-bond donors (Lipinski definition) is 2. The summed E-state index contributed by atoms with van der Waals surface area (Å²) >= 11 is 7.55. The standard InChI is InChI=1S/C15H21ClN4OS/c1-17-14(18-8-11-3-4-12(16)22-11)20-6-2-5-15(10-20)7-13(21)19-9-15/h3-4H,2,5-10H2,1H3,(H,17,18)(H,19,21).